The molecule has 1 atom stereocenters. The van der Waals surface area contributed by atoms with Crippen LogP contribution in [0.3, 0.4) is 0 Å². The van der Waals surface area contributed by atoms with Gasteiger partial charge in [0, 0.05) is 19.5 Å². The molecule has 0 aliphatic carbocycles. The Balaban J connectivity index is 2.23. The fourth-order valence-corrected chi connectivity index (χ4v) is 2.32. The number of rotatable bonds is 2. The van der Waals surface area contributed by atoms with Crippen molar-refractivity contribution in [1.82, 2.24) is 4.90 Å². The van der Waals surface area contributed by atoms with Crippen molar-refractivity contribution in [3.63, 3.8) is 0 Å². The van der Waals surface area contributed by atoms with E-state index in [-0.39, 0.29) is 17.5 Å². The molecular formula is C14H17FN2O2. The third kappa shape index (κ3) is 2.45. The minimum Gasteiger partial charge on any atom is -0.329 e. The Morgan fingerprint density at radius 3 is 2.68 bits per heavy atom. The monoisotopic (exact) mass is 264 g/mol. The number of para-hydroxylation sites is 1. The van der Waals surface area contributed by atoms with Crippen LogP contribution in [0.5, 0.6) is 0 Å². The molecule has 0 aromatic heterocycles. The first kappa shape index (κ1) is 13.5. The number of halogens is 1. The molecule has 0 N–H and O–H groups in total. The highest BCUT2D eigenvalue weighted by Gasteiger charge is 2.35. The molecule has 2 rings (SSSR count). The van der Waals surface area contributed by atoms with Gasteiger partial charge < -0.3 is 9.80 Å². The fraction of sp³-hybridized carbons (Fsp3) is 0.429. The van der Waals surface area contributed by atoms with Crippen LogP contribution in [-0.2, 0) is 9.59 Å². The summed E-state index contributed by atoms with van der Waals surface area (Å²) in [4.78, 5) is 27.0. The zero-order valence-electron chi connectivity index (χ0n) is 11.1. The Morgan fingerprint density at radius 1 is 1.37 bits per heavy atom. The second kappa shape index (κ2) is 5.38. The summed E-state index contributed by atoms with van der Waals surface area (Å²) in [5, 5.41) is 0. The molecule has 1 aromatic rings. The first-order valence-electron chi connectivity index (χ1n) is 6.41. The van der Waals surface area contributed by atoms with Gasteiger partial charge in [-0.3, -0.25) is 9.59 Å². The van der Waals surface area contributed by atoms with Crippen molar-refractivity contribution in [3.8, 4) is 0 Å². The summed E-state index contributed by atoms with van der Waals surface area (Å²) in [7, 11) is 0. The van der Waals surface area contributed by atoms with Gasteiger partial charge in [0.15, 0.2) is 0 Å². The van der Waals surface area contributed by atoms with E-state index in [0.29, 0.717) is 19.5 Å². The standard InChI is InChI=1S/C14H17FN2O2/c1-3-13(18)16-8-9-17(14(19)10(16)2)12-7-5-4-6-11(12)15/h4-7,10H,3,8-9H2,1-2H3. The van der Waals surface area contributed by atoms with E-state index in [9.17, 15) is 14.0 Å². The lowest BCUT2D eigenvalue weighted by Gasteiger charge is -2.39. The third-order valence-corrected chi connectivity index (χ3v) is 3.42. The average molecular weight is 264 g/mol. The van der Waals surface area contributed by atoms with Crippen molar-refractivity contribution in [2.75, 3.05) is 18.0 Å². The van der Waals surface area contributed by atoms with Crippen LogP contribution in [0.25, 0.3) is 0 Å². The normalized spacial score (nSPS) is 19.7. The van der Waals surface area contributed by atoms with Crippen LogP contribution < -0.4 is 4.90 Å². The summed E-state index contributed by atoms with van der Waals surface area (Å²) in [6, 6.07) is 5.65. The fourth-order valence-electron chi connectivity index (χ4n) is 2.32. The van der Waals surface area contributed by atoms with Gasteiger partial charge in [0.25, 0.3) is 0 Å². The zero-order chi connectivity index (χ0) is 14.0. The van der Waals surface area contributed by atoms with Gasteiger partial charge in [-0.25, -0.2) is 4.39 Å². The number of piperazine rings is 1. The van der Waals surface area contributed by atoms with E-state index in [1.807, 2.05) is 0 Å². The maximum Gasteiger partial charge on any atom is 0.249 e. The second-order valence-electron chi connectivity index (χ2n) is 4.56. The molecule has 0 radical (unpaired) electrons. The van der Waals surface area contributed by atoms with Crippen molar-refractivity contribution in [2.45, 2.75) is 26.3 Å². The topological polar surface area (TPSA) is 40.6 Å². The van der Waals surface area contributed by atoms with E-state index in [2.05, 4.69) is 0 Å². The van der Waals surface area contributed by atoms with E-state index in [1.54, 1.807) is 36.9 Å². The third-order valence-electron chi connectivity index (χ3n) is 3.42. The number of hydrogen-bond acceptors (Lipinski definition) is 2. The number of anilines is 1. The summed E-state index contributed by atoms with van der Waals surface area (Å²) in [5.41, 5.74) is 0.281. The lowest BCUT2D eigenvalue weighted by Crippen LogP contribution is -2.57. The Morgan fingerprint density at radius 2 is 2.05 bits per heavy atom. The lowest BCUT2D eigenvalue weighted by atomic mass is 10.1. The molecule has 1 saturated heterocycles. The molecular weight excluding hydrogens is 247 g/mol. The molecule has 1 aliphatic heterocycles. The van der Waals surface area contributed by atoms with E-state index in [0.717, 1.165) is 0 Å². The van der Waals surface area contributed by atoms with Gasteiger partial charge in [0.05, 0.1) is 5.69 Å². The predicted molar refractivity (Wildman–Crippen MR) is 70.2 cm³/mol. The number of nitrogens with zero attached hydrogens (tertiary/aromatic N) is 2. The Bertz CT molecular complexity index is 504. The van der Waals surface area contributed by atoms with Crippen molar-refractivity contribution < 1.29 is 14.0 Å². The quantitative estimate of drug-likeness (QED) is 0.817. The summed E-state index contributed by atoms with van der Waals surface area (Å²) < 4.78 is 13.7. The van der Waals surface area contributed by atoms with Gasteiger partial charge >= 0.3 is 0 Å². The molecule has 0 bridgehead atoms. The van der Waals surface area contributed by atoms with E-state index in [1.165, 1.54) is 11.0 Å². The smallest absolute Gasteiger partial charge is 0.249 e. The lowest BCUT2D eigenvalue weighted by molar-refractivity contribution is -0.140. The minimum absolute atomic E-state index is 0.0472. The molecule has 1 unspecified atom stereocenters. The highest BCUT2D eigenvalue weighted by molar-refractivity contribution is 6.00. The molecule has 1 heterocycles. The van der Waals surface area contributed by atoms with Gasteiger partial charge in [0.2, 0.25) is 11.8 Å². The largest absolute Gasteiger partial charge is 0.329 e. The van der Waals surface area contributed by atoms with Gasteiger partial charge in [-0.15, -0.1) is 0 Å². The predicted octanol–water partition coefficient (Wildman–Crippen LogP) is 1.80. The molecule has 4 nitrogen and oxygen atoms in total. The molecule has 5 heteroatoms. The van der Waals surface area contributed by atoms with E-state index < -0.39 is 11.9 Å². The molecule has 1 fully saturated rings. The number of carbonyl (C=O) groups is 2. The first-order chi connectivity index (χ1) is 9.06. The molecule has 1 aromatic carbocycles. The number of carbonyl (C=O) groups excluding carboxylic acids is 2. The van der Waals surface area contributed by atoms with E-state index in [4.69, 9.17) is 0 Å². The molecule has 1 aliphatic rings. The van der Waals surface area contributed by atoms with E-state index >= 15 is 0 Å². The van der Waals surface area contributed by atoms with Gasteiger partial charge in [-0.1, -0.05) is 19.1 Å². The SMILES string of the molecule is CCC(=O)N1CCN(c2ccccc2F)C(=O)C1C. The van der Waals surface area contributed by atoms with Gasteiger partial charge in [0.1, 0.15) is 11.9 Å². The minimum atomic E-state index is -0.541. The summed E-state index contributed by atoms with van der Waals surface area (Å²) >= 11 is 0. The van der Waals surface area contributed by atoms with Crippen LogP contribution in [-0.4, -0.2) is 35.8 Å². The Kier molecular flexibility index (Phi) is 3.83. The number of benzene rings is 1. The Labute approximate surface area is 111 Å². The molecule has 0 spiro atoms. The van der Waals surface area contributed by atoms with Crippen LogP contribution in [0.1, 0.15) is 20.3 Å². The average Bonchev–Trinajstić information content (AvgIpc) is 2.42. The van der Waals surface area contributed by atoms with Gasteiger partial charge in [-0.05, 0) is 19.1 Å². The highest BCUT2D eigenvalue weighted by Crippen LogP contribution is 2.23. The first-order valence-corrected chi connectivity index (χ1v) is 6.41. The van der Waals surface area contributed by atoms with Crippen molar-refractivity contribution in [3.05, 3.63) is 30.1 Å². The van der Waals surface area contributed by atoms with Crippen LogP contribution >= 0.6 is 0 Å². The Hall–Kier alpha value is -1.91. The maximum absolute atomic E-state index is 13.7. The molecule has 102 valence electrons. The molecule has 19 heavy (non-hydrogen) atoms. The second-order valence-corrected chi connectivity index (χ2v) is 4.56. The molecule has 0 saturated carbocycles. The zero-order valence-corrected chi connectivity index (χ0v) is 11.1. The van der Waals surface area contributed by atoms with Crippen LogP contribution in [0.4, 0.5) is 10.1 Å². The van der Waals surface area contributed by atoms with Crippen molar-refractivity contribution in [1.29, 1.82) is 0 Å². The maximum atomic E-state index is 13.7. The molecule has 2 amide bonds. The number of hydrogen-bond donors (Lipinski definition) is 0. The van der Waals surface area contributed by atoms with Gasteiger partial charge in [-0.2, -0.15) is 0 Å². The van der Waals surface area contributed by atoms with Crippen LogP contribution in [0.15, 0.2) is 24.3 Å². The van der Waals surface area contributed by atoms with Crippen molar-refractivity contribution >= 4 is 17.5 Å². The summed E-state index contributed by atoms with van der Waals surface area (Å²) in [6.07, 6.45) is 0.372. The highest BCUT2D eigenvalue weighted by atomic mass is 19.1. The van der Waals surface area contributed by atoms with Crippen molar-refractivity contribution in [2.24, 2.45) is 0 Å². The van der Waals surface area contributed by atoms with Crippen LogP contribution in [0.2, 0.25) is 0 Å². The van der Waals surface area contributed by atoms with Crippen LogP contribution in [0, 0.1) is 5.82 Å². The summed E-state index contributed by atoms with van der Waals surface area (Å²) in [5.74, 6) is -0.703. The number of amides is 2. The summed E-state index contributed by atoms with van der Waals surface area (Å²) in [6.45, 7) is 4.22.